The standard InChI is InChI=1S/C17H22N2O4/c1-3-4-9-23-16-10-14(12-20)18-19(17(16)21)11-13-5-7-15(22-2)8-6-13/h5-8,10,20H,3-4,9,11-12H2,1-2H3. The zero-order valence-electron chi connectivity index (χ0n) is 13.5. The summed E-state index contributed by atoms with van der Waals surface area (Å²) in [6.07, 6.45) is 1.85. The Labute approximate surface area is 135 Å². The van der Waals surface area contributed by atoms with Crippen molar-refractivity contribution >= 4 is 0 Å². The first-order chi connectivity index (χ1) is 11.2. The third-order valence-electron chi connectivity index (χ3n) is 3.40. The van der Waals surface area contributed by atoms with Crippen molar-refractivity contribution in [1.29, 1.82) is 0 Å². The van der Waals surface area contributed by atoms with Gasteiger partial charge in [-0.25, -0.2) is 4.68 Å². The number of hydrogen-bond acceptors (Lipinski definition) is 5. The Hall–Kier alpha value is -2.34. The Morgan fingerprint density at radius 2 is 2.00 bits per heavy atom. The molecule has 0 aliphatic rings. The number of aliphatic hydroxyl groups excluding tert-OH is 1. The monoisotopic (exact) mass is 318 g/mol. The highest BCUT2D eigenvalue weighted by Crippen LogP contribution is 2.13. The van der Waals surface area contributed by atoms with Crippen molar-refractivity contribution in [1.82, 2.24) is 9.78 Å². The van der Waals surface area contributed by atoms with Crippen LogP contribution >= 0.6 is 0 Å². The van der Waals surface area contributed by atoms with Crippen LogP contribution in [0.25, 0.3) is 0 Å². The molecule has 1 N–H and O–H groups in total. The first-order valence-electron chi connectivity index (χ1n) is 7.65. The first kappa shape index (κ1) is 17.0. The van der Waals surface area contributed by atoms with Gasteiger partial charge in [0.1, 0.15) is 5.75 Å². The van der Waals surface area contributed by atoms with Gasteiger partial charge in [-0.15, -0.1) is 0 Å². The topological polar surface area (TPSA) is 73.6 Å². The fraction of sp³-hybridized carbons (Fsp3) is 0.412. The van der Waals surface area contributed by atoms with Crippen LogP contribution in [0.1, 0.15) is 31.0 Å². The van der Waals surface area contributed by atoms with E-state index in [1.165, 1.54) is 10.7 Å². The van der Waals surface area contributed by atoms with Gasteiger partial charge >= 0.3 is 5.56 Å². The van der Waals surface area contributed by atoms with Crippen LogP contribution in [0.15, 0.2) is 35.1 Å². The van der Waals surface area contributed by atoms with E-state index in [0.717, 1.165) is 24.2 Å². The van der Waals surface area contributed by atoms with Crippen LogP contribution in [0, 0.1) is 0 Å². The number of aliphatic hydroxyl groups is 1. The van der Waals surface area contributed by atoms with Gasteiger partial charge in [-0.05, 0) is 24.1 Å². The van der Waals surface area contributed by atoms with E-state index in [2.05, 4.69) is 12.0 Å². The molecule has 0 atom stereocenters. The minimum Gasteiger partial charge on any atom is -0.497 e. The number of unbranched alkanes of at least 4 members (excludes halogenated alkanes) is 1. The fourth-order valence-electron chi connectivity index (χ4n) is 2.09. The molecule has 0 radical (unpaired) electrons. The van der Waals surface area contributed by atoms with Gasteiger partial charge in [0.2, 0.25) is 0 Å². The van der Waals surface area contributed by atoms with Crippen molar-refractivity contribution in [3.63, 3.8) is 0 Å². The normalized spacial score (nSPS) is 10.6. The summed E-state index contributed by atoms with van der Waals surface area (Å²) in [6.45, 7) is 2.59. The molecule has 0 saturated heterocycles. The number of methoxy groups -OCH3 is 1. The highest BCUT2D eigenvalue weighted by Gasteiger charge is 2.10. The second-order valence-corrected chi connectivity index (χ2v) is 5.17. The summed E-state index contributed by atoms with van der Waals surface area (Å²) in [5.74, 6) is 0.979. The summed E-state index contributed by atoms with van der Waals surface area (Å²) < 4.78 is 12.0. The first-order valence-corrected chi connectivity index (χ1v) is 7.65. The molecule has 2 aromatic rings. The summed E-state index contributed by atoms with van der Waals surface area (Å²) in [5.41, 5.74) is 1.02. The molecule has 2 rings (SSSR count). The zero-order chi connectivity index (χ0) is 16.7. The lowest BCUT2D eigenvalue weighted by Gasteiger charge is -2.11. The predicted molar refractivity (Wildman–Crippen MR) is 86.9 cm³/mol. The van der Waals surface area contributed by atoms with Gasteiger partial charge in [0.15, 0.2) is 5.75 Å². The molecule has 0 saturated carbocycles. The smallest absolute Gasteiger partial charge is 0.309 e. The van der Waals surface area contributed by atoms with Crippen molar-refractivity contribution in [3.05, 3.63) is 51.9 Å². The average Bonchev–Trinajstić information content (AvgIpc) is 2.58. The van der Waals surface area contributed by atoms with Gasteiger partial charge in [0.25, 0.3) is 0 Å². The quantitative estimate of drug-likeness (QED) is 0.753. The third kappa shape index (κ3) is 4.56. The van der Waals surface area contributed by atoms with E-state index in [-0.39, 0.29) is 17.9 Å². The molecule has 0 unspecified atom stereocenters. The zero-order valence-corrected chi connectivity index (χ0v) is 13.5. The molecule has 1 aromatic heterocycles. The summed E-state index contributed by atoms with van der Waals surface area (Å²) in [5, 5.41) is 13.5. The number of aromatic nitrogens is 2. The summed E-state index contributed by atoms with van der Waals surface area (Å²) in [6, 6.07) is 8.90. The van der Waals surface area contributed by atoms with E-state index in [9.17, 15) is 9.90 Å². The van der Waals surface area contributed by atoms with Gasteiger partial charge in [-0.2, -0.15) is 5.10 Å². The molecule has 0 aliphatic heterocycles. The minimum atomic E-state index is -0.297. The van der Waals surface area contributed by atoms with E-state index in [1.807, 2.05) is 24.3 Å². The molecule has 0 aliphatic carbocycles. The summed E-state index contributed by atoms with van der Waals surface area (Å²) in [4.78, 5) is 12.4. The van der Waals surface area contributed by atoms with Crippen LogP contribution in [0.4, 0.5) is 0 Å². The SMILES string of the molecule is CCCCOc1cc(CO)nn(Cc2ccc(OC)cc2)c1=O. The van der Waals surface area contributed by atoms with Crippen molar-refractivity contribution < 1.29 is 14.6 Å². The Morgan fingerprint density at radius 1 is 1.26 bits per heavy atom. The van der Waals surface area contributed by atoms with Crippen LogP contribution in [0.3, 0.4) is 0 Å². The van der Waals surface area contributed by atoms with E-state index in [1.54, 1.807) is 7.11 Å². The number of hydrogen-bond donors (Lipinski definition) is 1. The maximum absolute atomic E-state index is 12.4. The Balaban J connectivity index is 2.25. The second kappa shape index (κ2) is 8.33. The highest BCUT2D eigenvalue weighted by molar-refractivity contribution is 5.27. The van der Waals surface area contributed by atoms with Crippen molar-refractivity contribution in [2.24, 2.45) is 0 Å². The molecule has 124 valence electrons. The van der Waals surface area contributed by atoms with Gasteiger partial charge < -0.3 is 14.6 Å². The van der Waals surface area contributed by atoms with Crippen LogP contribution in [0.5, 0.6) is 11.5 Å². The van der Waals surface area contributed by atoms with Crippen molar-refractivity contribution in [2.75, 3.05) is 13.7 Å². The van der Waals surface area contributed by atoms with Crippen molar-refractivity contribution in [3.8, 4) is 11.5 Å². The fourth-order valence-corrected chi connectivity index (χ4v) is 2.09. The molecule has 0 amide bonds. The second-order valence-electron chi connectivity index (χ2n) is 5.17. The van der Waals surface area contributed by atoms with Crippen LogP contribution in [0.2, 0.25) is 0 Å². The van der Waals surface area contributed by atoms with Crippen molar-refractivity contribution in [2.45, 2.75) is 32.9 Å². The lowest BCUT2D eigenvalue weighted by molar-refractivity contribution is 0.266. The Bertz CT molecular complexity index is 680. The number of benzene rings is 1. The van der Waals surface area contributed by atoms with E-state index in [4.69, 9.17) is 9.47 Å². The van der Waals surface area contributed by atoms with Crippen LogP contribution in [-0.4, -0.2) is 28.6 Å². The molecule has 6 nitrogen and oxygen atoms in total. The maximum atomic E-state index is 12.4. The molecule has 0 bridgehead atoms. The Morgan fingerprint density at radius 3 is 2.61 bits per heavy atom. The molecule has 1 aromatic carbocycles. The number of nitrogens with zero attached hydrogens (tertiary/aromatic N) is 2. The van der Waals surface area contributed by atoms with Crippen LogP contribution < -0.4 is 15.0 Å². The van der Waals surface area contributed by atoms with Gasteiger partial charge in [-0.3, -0.25) is 4.79 Å². The molecule has 0 fully saturated rings. The Kier molecular flexibility index (Phi) is 6.17. The molecule has 0 spiro atoms. The van der Waals surface area contributed by atoms with Crippen LogP contribution in [-0.2, 0) is 13.2 Å². The number of rotatable bonds is 8. The van der Waals surface area contributed by atoms with E-state index in [0.29, 0.717) is 18.8 Å². The average molecular weight is 318 g/mol. The lowest BCUT2D eigenvalue weighted by atomic mass is 10.2. The molecule has 6 heteroatoms. The third-order valence-corrected chi connectivity index (χ3v) is 3.40. The van der Waals surface area contributed by atoms with Gasteiger partial charge in [0.05, 0.1) is 32.6 Å². The lowest BCUT2D eigenvalue weighted by Crippen LogP contribution is -2.26. The summed E-state index contributed by atoms with van der Waals surface area (Å²) in [7, 11) is 1.60. The van der Waals surface area contributed by atoms with E-state index >= 15 is 0 Å². The molecular weight excluding hydrogens is 296 g/mol. The minimum absolute atomic E-state index is 0.228. The largest absolute Gasteiger partial charge is 0.497 e. The maximum Gasteiger partial charge on any atom is 0.309 e. The number of ether oxygens (including phenoxy) is 2. The predicted octanol–water partition coefficient (Wildman–Crippen LogP) is 1.97. The van der Waals surface area contributed by atoms with Gasteiger partial charge in [0, 0.05) is 6.07 Å². The molecule has 1 heterocycles. The van der Waals surface area contributed by atoms with E-state index < -0.39 is 0 Å². The summed E-state index contributed by atoms with van der Waals surface area (Å²) >= 11 is 0. The highest BCUT2D eigenvalue weighted by atomic mass is 16.5. The molecular formula is C17H22N2O4. The van der Waals surface area contributed by atoms with Gasteiger partial charge in [-0.1, -0.05) is 25.5 Å². The molecule has 23 heavy (non-hydrogen) atoms.